The number of hydrogen-bond acceptors (Lipinski definition) is 3. The van der Waals surface area contributed by atoms with Crippen molar-refractivity contribution < 1.29 is 9.59 Å². The fourth-order valence-corrected chi connectivity index (χ4v) is 3.91. The van der Waals surface area contributed by atoms with Crippen molar-refractivity contribution >= 4 is 22.7 Å². The lowest BCUT2D eigenvalue weighted by atomic mass is 9.88. The standard InChI is InChI=1S/C21H27N3O2/c1-3-14(4-2)21(26)24-11-9-15(10-12-24)19-17(20(22)25)13-16-7-5-6-8-18(16)23-19/h5-8,13-15H,3-4,9-12H2,1-2H3,(H2,22,25). The summed E-state index contributed by atoms with van der Waals surface area (Å²) < 4.78 is 0. The van der Waals surface area contributed by atoms with Crippen molar-refractivity contribution in [2.75, 3.05) is 13.1 Å². The maximum Gasteiger partial charge on any atom is 0.250 e. The topological polar surface area (TPSA) is 76.3 Å². The zero-order chi connectivity index (χ0) is 18.7. The molecule has 3 rings (SSSR count). The van der Waals surface area contributed by atoms with Gasteiger partial charge in [0.1, 0.15) is 0 Å². The van der Waals surface area contributed by atoms with Crippen LogP contribution < -0.4 is 5.73 Å². The molecule has 1 aliphatic heterocycles. The molecule has 1 aromatic carbocycles. The van der Waals surface area contributed by atoms with Crippen LogP contribution in [0.15, 0.2) is 30.3 Å². The lowest BCUT2D eigenvalue weighted by Gasteiger charge is -2.34. The van der Waals surface area contributed by atoms with Gasteiger partial charge in [-0.05, 0) is 37.8 Å². The molecule has 0 aliphatic carbocycles. The summed E-state index contributed by atoms with van der Waals surface area (Å²) in [6, 6.07) is 9.61. The maximum absolute atomic E-state index is 12.6. The lowest BCUT2D eigenvalue weighted by molar-refractivity contribution is -0.136. The number of carbonyl (C=O) groups excluding carboxylic acids is 2. The van der Waals surface area contributed by atoms with E-state index in [0.29, 0.717) is 18.7 Å². The zero-order valence-corrected chi connectivity index (χ0v) is 15.6. The summed E-state index contributed by atoms with van der Waals surface area (Å²) in [7, 11) is 0. The Bertz CT molecular complexity index is 806. The van der Waals surface area contributed by atoms with Crippen molar-refractivity contribution in [3.63, 3.8) is 0 Å². The molecule has 2 heterocycles. The van der Waals surface area contributed by atoms with E-state index >= 15 is 0 Å². The number of rotatable bonds is 5. The fraction of sp³-hybridized carbons (Fsp3) is 0.476. The van der Waals surface area contributed by atoms with Gasteiger partial charge in [0.15, 0.2) is 0 Å². The normalized spacial score (nSPS) is 15.6. The monoisotopic (exact) mass is 353 g/mol. The number of likely N-dealkylation sites (tertiary alicyclic amines) is 1. The van der Waals surface area contributed by atoms with E-state index in [1.807, 2.05) is 35.2 Å². The SMILES string of the molecule is CCC(CC)C(=O)N1CCC(c2nc3ccccc3cc2C(N)=O)CC1. The average Bonchev–Trinajstić information content (AvgIpc) is 2.68. The number of nitrogens with zero attached hydrogens (tertiary/aromatic N) is 2. The van der Waals surface area contributed by atoms with Gasteiger partial charge in [0.25, 0.3) is 5.91 Å². The molecule has 0 radical (unpaired) electrons. The third-order valence-corrected chi connectivity index (χ3v) is 5.55. The number of nitrogens with two attached hydrogens (primary N) is 1. The van der Waals surface area contributed by atoms with Crippen LogP contribution >= 0.6 is 0 Å². The summed E-state index contributed by atoms with van der Waals surface area (Å²) in [4.78, 5) is 31.3. The Morgan fingerprint density at radius 1 is 1.19 bits per heavy atom. The number of aromatic nitrogens is 1. The highest BCUT2D eigenvalue weighted by atomic mass is 16.2. The van der Waals surface area contributed by atoms with Crippen LogP contribution in [0.2, 0.25) is 0 Å². The molecule has 0 unspecified atom stereocenters. The van der Waals surface area contributed by atoms with Crippen LogP contribution in [0.4, 0.5) is 0 Å². The predicted octanol–water partition coefficient (Wildman–Crippen LogP) is 3.48. The van der Waals surface area contributed by atoms with E-state index in [1.54, 1.807) is 0 Å². The van der Waals surface area contributed by atoms with Crippen molar-refractivity contribution in [2.45, 2.75) is 45.4 Å². The fourth-order valence-electron chi connectivity index (χ4n) is 3.91. The first-order valence-corrected chi connectivity index (χ1v) is 9.53. The zero-order valence-electron chi connectivity index (χ0n) is 15.6. The van der Waals surface area contributed by atoms with Crippen molar-refractivity contribution in [2.24, 2.45) is 11.7 Å². The number of hydrogen-bond donors (Lipinski definition) is 1. The van der Waals surface area contributed by atoms with E-state index in [-0.39, 0.29) is 17.7 Å². The Balaban J connectivity index is 1.82. The van der Waals surface area contributed by atoms with Crippen LogP contribution in [0.1, 0.15) is 61.5 Å². The first kappa shape index (κ1) is 18.4. The molecule has 2 aromatic rings. The highest BCUT2D eigenvalue weighted by Gasteiger charge is 2.29. The summed E-state index contributed by atoms with van der Waals surface area (Å²) in [5.41, 5.74) is 7.79. The molecule has 5 heteroatoms. The highest BCUT2D eigenvalue weighted by molar-refractivity contribution is 5.97. The number of primary amides is 1. The van der Waals surface area contributed by atoms with Gasteiger partial charge >= 0.3 is 0 Å². The van der Waals surface area contributed by atoms with Crippen LogP contribution in [0.25, 0.3) is 10.9 Å². The third kappa shape index (κ3) is 3.57. The number of pyridine rings is 1. The third-order valence-electron chi connectivity index (χ3n) is 5.55. The molecule has 0 saturated carbocycles. The molecule has 0 spiro atoms. The Kier molecular flexibility index (Phi) is 5.55. The van der Waals surface area contributed by atoms with Crippen LogP contribution in [0.3, 0.4) is 0 Å². The van der Waals surface area contributed by atoms with Gasteiger partial charge in [0, 0.05) is 30.3 Å². The van der Waals surface area contributed by atoms with Crippen molar-refractivity contribution in [1.29, 1.82) is 0 Å². The Morgan fingerprint density at radius 3 is 2.46 bits per heavy atom. The summed E-state index contributed by atoms with van der Waals surface area (Å²) in [6.45, 7) is 5.56. The number of piperidine rings is 1. The number of carbonyl (C=O) groups is 2. The molecule has 138 valence electrons. The number of fused-ring (bicyclic) bond motifs is 1. The lowest BCUT2D eigenvalue weighted by Crippen LogP contribution is -2.41. The quantitative estimate of drug-likeness (QED) is 0.894. The van der Waals surface area contributed by atoms with Gasteiger partial charge in [-0.25, -0.2) is 0 Å². The molecule has 26 heavy (non-hydrogen) atoms. The minimum atomic E-state index is -0.436. The molecule has 1 aromatic heterocycles. The molecule has 2 N–H and O–H groups in total. The minimum Gasteiger partial charge on any atom is -0.366 e. The van der Waals surface area contributed by atoms with Gasteiger partial charge in [-0.1, -0.05) is 32.0 Å². The van der Waals surface area contributed by atoms with E-state index in [9.17, 15) is 9.59 Å². The maximum atomic E-state index is 12.6. The average molecular weight is 353 g/mol. The summed E-state index contributed by atoms with van der Waals surface area (Å²) in [5, 5.41) is 0.923. The molecule has 0 bridgehead atoms. The van der Waals surface area contributed by atoms with Crippen LogP contribution in [-0.4, -0.2) is 34.8 Å². The predicted molar refractivity (Wildman–Crippen MR) is 103 cm³/mol. The second-order valence-corrected chi connectivity index (χ2v) is 7.09. The largest absolute Gasteiger partial charge is 0.366 e. The number of para-hydroxylation sites is 1. The first-order valence-electron chi connectivity index (χ1n) is 9.53. The summed E-state index contributed by atoms with van der Waals surface area (Å²) in [5.74, 6) is 0.100. The van der Waals surface area contributed by atoms with E-state index < -0.39 is 5.91 Å². The molecule has 5 nitrogen and oxygen atoms in total. The number of benzene rings is 1. The van der Waals surface area contributed by atoms with E-state index in [4.69, 9.17) is 10.7 Å². The molecular formula is C21H27N3O2. The van der Waals surface area contributed by atoms with Crippen molar-refractivity contribution in [1.82, 2.24) is 9.88 Å². The van der Waals surface area contributed by atoms with Crippen LogP contribution in [0.5, 0.6) is 0 Å². The second-order valence-electron chi connectivity index (χ2n) is 7.09. The second kappa shape index (κ2) is 7.85. The summed E-state index contributed by atoms with van der Waals surface area (Å²) in [6.07, 6.45) is 3.40. The van der Waals surface area contributed by atoms with E-state index in [1.165, 1.54) is 0 Å². The molecule has 0 atom stereocenters. The van der Waals surface area contributed by atoms with Gasteiger partial charge in [-0.15, -0.1) is 0 Å². The van der Waals surface area contributed by atoms with Gasteiger partial charge in [-0.3, -0.25) is 14.6 Å². The molecule has 1 aliphatic rings. The highest BCUT2D eigenvalue weighted by Crippen LogP contribution is 2.31. The van der Waals surface area contributed by atoms with Gasteiger partial charge in [0.2, 0.25) is 5.91 Å². The van der Waals surface area contributed by atoms with Gasteiger partial charge < -0.3 is 10.6 Å². The van der Waals surface area contributed by atoms with E-state index in [2.05, 4.69) is 13.8 Å². The molecule has 1 fully saturated rings. The van der Waals surface area contributed by atoms with Crippen molar-refractivity contribution in [3.8, 4) is 0 Å². The van der Waals surface area contributed by atoms with E-state index in [0.717, 1.165) is 42.3 Å². The van der Waals surface area contributed by atoms with Gasteiger partial charge in [0.05, 0.1) is 16.8 Å². The first-order chi connectivity index (χ1) is 12.5. The Morgan fingerprint density at radius 2 is 1.85 bits per heavy atom. The number of amides is 2. The Hall–Kier alpha value is -2.43. The van der Waals surface area contributed by atoms with Gasteiger partial charge in [-0.2, -0.15) is 0 Å². The molecule has 2 amide bonds. The minimum absolute atomic E-state index is 0.117. The molecular weight excluding hydrogens is 326 g/mol. The molecule has 1 saturated heterocycles. The van der Waals surface area contributed by atoms with Crippen LogP contribution in [-0.2, 0) is 4.79 Å². The van der Waals surface area contributed by atoms with Crippen LogP contribution in [0, 0.1) is 5.92 Å². The van der Waals surface area contributed by atoms with Crippen molar-refractivity contribution in [3.05, 3.63) is 41.6 Å². The smallest absolute Gasteiger partial charge is 0.250 e. The Labute approximate surface area is 154 Å². The summed E-state index contributed by atoms with van der Waals surface area (Å²) >= 11 is 0.